The SMILES string of the molecule is NC(O)(Cl)c1c[nH]c2ccc(F)cc12. The molecule has 0 radical (unpaired) electrons. The van der Waals surface area contributed by atoms with E-state index in [1.807, 2.05) is 0 Å². The van der Waals surface area contributed by atoms with Crippen molar-refractivity contribution in [3.8, 4) is 0 Å². The molecule has 14 heavy (non-hydrogen) atoms. The fourth-order valence-corrected chi connectivity index (χ4v) is 1.54. The molecule has 0 bridgehead atoms. The van der Waals surface area contributed by atoms with Crippen LogP contribution in [0.15, 0.2) is 24.4 Å². The second-order valence-corrected chi connectivity index (χ2v) is 3.64. The van der Waals surface area contributed by atoms with Crippen LogP contribution in [0.3, 0.4) is 0 Å². The number of hydrogen-bond acceptors (Lipinski definition) is 2. The molecule has 0 saturated carbocycles. The smallest absolute Gasteiger partial charge is 0.220 e. The topological polar surface area (TPSA) is 62.0 Å². The summed E-state index contributed by atoms with van der Waals surface area (Å²) in [5.74, 6) is -0.403. The molecule has 5 heteroatoms. The van der Waals surface area contributed by atoms with Crippen molar-refractivity contribution in [3.05, 3.63) is 35.8 Å². The summed E-state index contributed by atoms with van der Waals surface area (Å²) in [6.07, 6.45) is 1.46. The molecule has 74 valence electrons. The highest BCUT2D eigenvalue weighted by molar-refractivity contribution is 6.23. The molecule has 1 aromatic heterocycles. The van der Waals surface area contributed by atoms with E-state index >= 15 is 0 Å². The predicted octanol–water partition coefficient (Wildman–Crippen LogP) is 1.61. The fourth-order valence-electron chi connectivity index (χ4n) is 1.38. The van der Waals surface area contributed by atoms with E-state index in [0.29, 0.717) is 10.9 Å². The van der Waals surface area contributed by atoms with Crippen LogP contribution >= 0.6 is 11.6 Å². The third-order valence-corrected chi connectivity index (χ3v) is 2.23. The highest BCUT2D eigenvalue weighted by Crippen LogP contribution is 2.28. The van der Waals surface area contributed by atoms with Crippen LogP contribution in [0.2, 0.25) is 0 Å². The lowest BCUT2D eigenvalue weighted by Crippen LogP contribution is -2.28. The molecule has 2 aromatic rings. The van der Waals surface area contributed by atoms with Gasteiger partial charge in [-0.05, 0) is 18.2 Å². The van der Waals surface area contributed by atoms with Gasteiger partial charge in [0, 0.05) is 22.7 Å². The first-order chi connectivity index (χ1) is 6.48. The van der Waals surface area contributed by atoms with Crippen molar-refractivity contribution < 1.29 is 9.50 Å². The largest absolute Gasteiger partial charge is 0.361 e. The van der Waals surface area contributed by atoms with E-state index < -0.39 is 11.0 Å². The first-order valence-electron chi connectivity index (χ1n) is 3.96. The lowest BCUT2D eigenvalue weighted by atomic mass is 10.1. The average Bonchev–Trinajstić information content (AvgIpc) is 2.45. The Bertz CT molecular complexity index is 475. The van der Waals surface area contributed by atoms with Gasteiger partial charge in [0.25, 0.3) is 0 Å². The standard InChI is InChI=1S/C9H8ClFN2O/c10-9(12,14)7-4-13-8-2-1-5(11)3-6(7)8/h1-4,13-14H,12H2. The summed E-state index contributed by atoms with van der Waals surface area (Å²) in [4.78, 5) is 2.83. The maximum Gasteiger partial charge on any atom is 0.220 e. The summed E-state index contributed by atoms with van der Waals surface area (Å²) in [6, 6.07) is 4.13. The zero-order valence-corrected chi connectivity index (χ0v) is 7.85. The molecule has 0 aliphatic carbocycles. The van der Waals surface area contributed by atoms with Crippen LogP contribution < -0.4 is 5.73 Å². The molecular formula is C9H8ClFN2O. The molecule has 0 fully saturated rings. The molecule has 0 aliphatic heterocycles. The number of aliphatic hydroxyl groups is 1. The molecule has 1 aromatic carbocycles. The third-order valence-electron chi connectivity index (χ3n) is 2.02. The number of aromatic amines is 1. The summed E-state index contributed by atoms with van der Waals surface area (Å²) in [7, 11) is 0. The molecule has 0 spiro atoms. The highest BCUT2D eigenvalue weighted by atomic mass is 35.5. The highest BCUT2D eigenvalue weighted by Gasteiger charge is 2.23. The lowest BCUT2D eigenvalue weighted by molar-refractivity contribution is 0.138. The molecule has 2 rings (SSSR count). The molecule has 3 nitrogen and oxygen atoms in total. The first kappa shape index (κ1) is 9.45. The van der Waals surface area contributed by atoms with Crippen molar-refractivity contribution in [3.63, 3.8) is 0 Å². The molecular weight excluding hydrogens is 207 g/mol. The van der Waals surface area contributed by atoms with Crippen molar-refractivity contribution in [2.75, 3.05) is 0 Å². The summed E-state index contributed by atoms with van der Waals surface area (Å²) in [5.41, 5.74) is 6.23. The minimum atomic E-state index is -1.98. The van der Waals surface area contributed by atoms with Crippen LogP contribution in [0, 0.1) is 5.82 Å². The van der Waals surface area contributed by atoms with E-state index in [1.54, 1.807) is 6.07 Å². The van der Waals surface area contributed by atoms with Crippen LogP contribution in [0.25, 0.3) is 10.9 Å². The number of H-pyrrole nitrogens is 1. The Balaban J connectivity index is 2.73. The van der Waals surface area contributed by atoms with E-state index in [1.165, 1.54) is 18.3 Å². The Morgan fingerprint density at radius 3 is 2.86 bits per heavy atom. The normalized spacial score (nSPS) is 15.7. The number of benzene rings is 1. The van der Waals surface area contributed by atoms with E-state index in [2.05, 4.69) is 4.98 Å². The summed E-state index contributed by atoms with van der Waals surface area (Å²) in [5, 5.41) is 7.86. The van der Waals surface area contributed by atoms with E-state index in [-0.39, 0.29) is 5.56 Å². The quantitative estimate of drug-likeness (QED) is 0.384. The monoisotopic (exact) mass is 214 g/mol. The predicted molar refractivity (Wildman–Crippen MR) is 52.2 cm³/mol. The molecule has 0 saturated heterocycles. The van der Waals surface area contributed by atoms with Crippen molar-refractivity contribution in [2.24, 2.45) is 5.73 Å². The van der Waals surface area contributed by atoms with Crippen molar-refractivity contribution >= 4 is 22.5 Å². The van der Waals surface area contributed by atoms with Gasteiger partial charge in [0.2, 0.25) is 5.18 Å². The number of fused-ring (bicyclic) bond motifs is 1. The van der Waals surface area contributed by atoms with Gasteiger partial charge in [-0.15, -0.1) is 0 Å². The molecule has 1 atom stereocenters. The molecule has 1 unspecified atom stereocenters. The second kappa shape index (κ2) is 2.95. The summed E-state index contributed by atoms with van der Waals surface area (Å²) >= 11 is 5.52. The zero-order chi connectivity index (χ0) is 10.3. The number of nitrogens with two attached hydrogens (primary N) is 1. The number of aromatic nitrogens is 1. The Morgan fingerprint density at radius 2 is 2.21 bits per heavy atom. The Kier molecular flexibility index (Phi) is 1.99. The van der Waals surface area contributed by atoms with Gasteiger partial charge in [-0.1, -0.05) is 11.6 Å². The van der Waals surface area contributed by atoms with E-state index in [9.17, 15) is 9.50 Å². The van der Waals surface area contributed by atoms with Crippen LogP contribution in [0.5, 0.6) is 0 Å². The number of alkyl halides is 1. The zero-order valence-electron chi connectivity index (χ0n) is 7.09. The van der Waals surface area contributed by atoms with Gasteiger partial charge in [0.15, 0.2) is 0 Å². The minimum absolute atomic E-state index is 0.258. The van der Waals surface area contributed by atoms with Crippen molar-refractivity contribution in [1.29, 1.82) is 0 Å². The maximum absolute atomic E-state index is 12.9. The van der Waals surface area contributed by atoms with Crippen LogP contribution in [-0.2, 0) is 5.18 Å². The molecule has 0 amide bonds. The van der Waals surface area contributed by atoms with Crippen molar-refractivity contribution in [1.82, 2.24) is 4.98 Å². The molecule has 1 heterocycles. The molecule has 0 aliphatic rings. The number of hydrogen-bond donors (Lipinski definition) is 3. The van der Waals surface area contributed by atoms with Crippen LogP contribution in [-0.4, -0.2) is 10.1 Å². The lowest BCUT2D eigenvalue weighted by Gasteiger charge is -2.12. The number of halogens is 2. The number of nitrogens with one attached hydrogen (secondary N) is 1. The Labute approximate surface area is 84.3 Å². The Morgan fingerprint density at radius 1 is 1.50 bits per heavy atom. The van der Waals surface area contributed by atoms with Gasteiger partial charge in [0.05, 0.1) is 0 Å². The van der Waals surface area contributed by atoms with Gasteiger partial charge < -0.3 is 10.1 Å². The summed E-state index contributed by atoms with van der Waals surface area (Å²) in [6.45, 7) is 0. The minimum Gasteiger partial charge on any atom is -0.361 e. The maximum atomic E-state index is 12.9. The van der Waals surface area contributed by atoms with Crippen LogP contribution in [0.4, 0.5) is 4.39 Å². The van der Waals surface area contributed by atoms with Gasteiger partial charge in [-0.25, -0.2) is 4.39 Å². The average molecular weight is 215 g/mol. The second-order valence-electron chi connectivity index (χ2n) is 3.07. The van der Waals surface area contributed by atoms with Gasteiger partial charge in [-0.3, -0.25) is 5.73 Å². The van der Waals surface area contributed by atoms with E-state index in [4.69, 9.17) is 17.3 Å². The first-order valence-corrected chi connectivity index (χ1v) is 4.33. The van der Waals surface area contributed by atoms with Gasteiger partial charge >= 0.3 is 0 Å². The van der Waals surface area contributed by atoms with E-state index in [0.717, 1.165) is 0 Å². The fraction of sp³-hybridized carbons (Fsp3) is 0.111. The van der Waals surface area contributed by atoms with Gasteiger partial charge in [-0.2, -0.15) is 0 Å². The third kappa shape index (κ3) is 1.48. The van der Waals surface area contributed by atoms with Crippen LogP contribution in [0.1, 0.15) is 5.56 Å². The number of rotatable bonds is 1. The summed E-state index contributed by atoms with van der Waals surface area (Å²) < 4.78 is 12.9. The molecule has 4 N–H and O–H groups in total. The van der Waals surface area contributed by atoms with Gasteiger partial charge in [0.1, 0.15) is 5.82 Å². The van der Waals surface area contributed by atoms with Crippen molar-refractivity contribution in [2.45, 2.75) is 5.18 Å². The Hall–Kier alpha value is -1.10.